The number of sulfone groups is 1. The maximum absolute atomic E-state index is 11.6. The second-order valence-corrected chi connectivity index (χ2v) is 7.77. The molecule has 1 unspecified atom stereocenters. The van der Waals surface area contributed by atoms with Gasteiger partial charge in [0.1, 0.15) is 0 Å². The predicted octanol–water partition coefficient (Wildman–Crippen LogP) is 0.257. The van der Waals surface area contributed by atoms with Crippen LogP contribution in [0.4, 0.5) is 0 Å². The summed E-state index contributed by atoms with van der Waals surface area (Å²) < 4.78 is 23.2. The van der Waals surface area contributed by atoms with E-state index in [1.807, 2.05) is 11.8 Å². The molecule has 19 heavy (non-hydrogen) atoms. The molecular weight excluding hydrogens is 264 g/mol. The van der Waals surface area contributed by atoms with Crippen LogP contribution in [0.15, 0.2) is 4.99 Å². The average Bonchev–Trinajstić information content (AvgIpc) is 2.37. The van der Waals surface area contributed by atoms with Gasteiger partial charge in [0.15, 0.2) is 9.84 Å². The van der Waals surface area contributed by atoms with Crippen molar-refractivity contribution in [3.8, 4) is 0 Å². The highest BCUT2D eigenvalue weighted by atomic mass is 32.2. The van der Waals surface area contributed by atoms with Crippen LogP contribution in [0.25, 0.3) is 0 Å². The van der Waals surface area contributed by atoms with Crippen LogP contribution in [0.2, 0.25) is 0 Å². The lowest BCUT2D eigenvalue weighted by Crippen LogP contribution is -2.55. The summed E-state index contributed by atoms with van der Waals surface area (Å²) in [4.78, 5) is 6.67. The van der Waals surface area contributed by atoms with Gasteiger partial charge < -0.3 is 4.90 Å². The van der Waals surface area contributed by atoms with Crippen LogP contribution in [0.3, 0.4) is 0 Å². The topological polar surface area (TPSA) is 87.8 Å². The normalized spacial score (nSPS) is 29.3. The van der Waals surface area contributed by atoms with Crippen LogP contribution in [-0.4, -0.2) is 49.4 Å². The van der Waals surface area contributed by atoms with Crippen molar-refractivity contribution in [2.24, 2.45) is 10.8 Å². The number of aliphatic imine (C=N–C) groups is 1. The van der Waals surface area contributed by atoms with Crippen molar-refractivity contribution in [2.45, 2.75) is 51.1 Å². The lowest BCUT2D eigenvalue weighted by molar-refractivity contribution is 0.334. The maximum atomic E-state index is 11.6. The van der Waals surface area contributed by atoms with Gasteiger partial charge in [-0.05, 0) is 19.8 Å². The van der Waals surface area contributed by atoms with E-state index in [2.05, 4.69) is 10.4 Å². The van der Waals surface area contributed by atoms with Gasteiger partial charge in [-0.3, -0.25) is 5.43 Å². The summed E-state index contributed by atoms with van der Waals surface area (Å²) in [5, 5.41) is 0. The molecule has 2 aliphatic rings. The first-order valence-corrected chi connectivity index (χ1v) is 8.85. The van der Waals surface area contributed by atoms with Gasteiger partial charge in [0.25, 0.3) is 0 Å². The van der Waals surface area contributed by atoms with Crippen molar-refractivity contribution in [3.05, 3.63) is 0 Å². The lowest BCUT2D eigenvalue weighted by atomic mass is 9.96. The molecule has 110 valence electrons. The van der Waals surface area contributed by atoms with Crippen molar-refractivity contribution in [1.29, 1.82) is 0 Å². The Bertz CT molecular complexity index is 429. The number of nitrogens with two attached hydrogens (primary N) is 1. The first-order valence-electron chi connectivity index (χ1n) is 7.03. The third kappa shape index (κ3) is 3.82. The summed E-state index contributed by atoms with van der Waals surface area (Å²) in [5.74, 6) is 6.59. The molecule has 0 spiro atoms. The highest BCUT2D eigenvalue weighted by molar-refractivity contribution is 7.91. The maximum Gasteiger partial charge on any atom is 0.208 e. The third-order valence-electron chi connectivity index (χ3n) is 3.95. The van der Waals surface area contributed by atoms with Gasteiger partial charge in [-0.25, -0.2) is 19.3 Å². The Kier molecular flexibility index (Phi) is 4.67. The zero-order valence-corrected chi connectivity index (χ0v) is 12.3. The van der Waals surface area contributed by atoms with Gasteiger partial charge in [0.2, 0.25) is 5.96 Å². The molecule has 2 rings (SSSR count). The second-order valence-electron chi connectivity index (χ2n) is 5.55. The van der Waals surface area contributed by atoms with Crippen LogP contribution < -0.4 is 11.3 Å². The summed E-state index contributed by atoms with van der Waals surface area (Å²) in [6, 6.07) is 0.252. The largest absolute Gasteiger partial charge is 0.337 e. The molecule has 3 N–H and O–H groups in total. The van der Waals surface area contributed by atoms with E-state index in [1.165, 1.54) is 19.3 Å². The fraction of sp³-hybridized carbons (Fsp3) is 0.917. The highest BCUT2D eigenvalue weighted by Gasteiger charge is 2.30. The van der Waals surface area contributed by atoms with Crippen molar-refractivity contribution in [1.82, 2.24) is 10.3 Å². The van der Waals surface area contributed by atoms with Gasteiger partial charge >= 0.3 is 0 Å². The summed E-state index contributed by atoms with van der Waals surface area (Å²) in [5.41, 5.74) is 2.66. The number of rotatable bonds is 1. The Morgan fingerprint density at radius 2 is 2.00 bits per heavy atom. The van der Waals surface area contributed by atoms with Gasteiger partial charge in [0.05, 0.1) is 17.5 Å². The molecule has 0 bridgehead atoms. The second kappa shape index (κ2) is 6.09. The van der Waals surface area contributed by atoms with Crippen molar-refractivity contribution >= 4 is 15.8 Å². The molecule has 1 atom stereocenters. The van der Waals surface area contributed by atoms with E-state index in [4.69, 9.17) is 5.84 Å². The smallest absolute Gasteiger partial charge is 0.208 e. The summed E-state index contributed by atoms with van der Waals surface area (Å²) in [6.07, 6.45) is 5.93. The zero-order chi connectivity index (χ0) is 13.9. The molecule has 0 amide bonds. The zero-order valence-electron chi connectivity index (χ0n) is 11.5. The predicted molar refractivity (Wildman–Crippen MR) is 76.5 cm³/mol. The molecule has 1 saturated carbocycles. The summed E-state index contributed by atoms with van der Waals surface area (Å²) in [7, 11) is -2.90. The van der Waals surface area contributed by atoms with Crippen LogP contribution >= 0.6 is 0 Å². The van der Waals surface area contributed by atoms with E-state index in [0.29, 0.717) is 18.5 Å². The molecule has 0 radical (unpaired) electrons. The van der Waals surface area contributed by atoms with E-state index in [-0.39, 0.29) is 17.5 Å². The number of hydrogen-bond donors (Lipinski definition) is 2. The Balaban J connectivity index is 2.06. The molecule has 1 saturated heterocycles. The quantitative estimate of drug-likeness (QED) is 0.313. The molecule has 1 aliphatic heterocycles. The van der Waals surface area contributed by atoms with Crippen LogP contribution in [0.1, 0.15) is 39.0 Å². The van der Waals surface area contributed by atoms with Crippen LogP contribution in [-0.2, 0) is 9.84 Å². The standard InChI is InChI=1S/C12H24N4O2S/c1-10-9-19(17,18)8-7-16(10)12(15-13)14-11-5-3-2-4-6-11/h10-11H,2-9,13H2,1H3,(H,14,15). The number of hydrogen-bond acceptors (Lipinski definition) is 4. The van der Waals surface area contributed by atoms with Crippen molar-refractivity contribution in [3.63, 3.8) is 0 Å². The molecule has 6 nitrogen and oxygen atoms in total. The first kappa shape index (κ1) is 14.6. The number of guanidine groups is 1. The molecule has 1 aliphatic carbocycles. The van der Waals surface area contributed by atoms with Crippen molar-refractivity contribution < 1.29 is 8.42 Å². The number of nitrogens with zero attached hydrogens (tertiary/aromatic N) is 2. The Hall–Kier alpha value is -0.820. The van der Waals surface area contributed by atoms with E-state index < -0.39 is 9.84 Å². The van der Waals surface area contributed by atoms with Crippen LogP contribution in [0, 0.1) is 0 Å². The van der Waals surface area contributed by atoms with Gasteiger partial charge in [-0.2, -0.15) is 0 Å². The minimum absolute atomic E-state index is 0.0721. The fourth-order valence-corrected chi connectivity index (χ4v) is 4.45. The monoisotopic (exact) mass is 288 g/mol. The van der Waals surface area contributed by atoms with E-state index in [0.717, 1.165) is 12.8 Å². The van der Waals surface area contributed by atoms with Crippen molar-refractivity contribution in [2.75, 3.05) is 18.1 Å². The Morgan fingerprint density at radius 1 is 1.32 bits per heavy atom. The van der Waals surface area contributed by atoms with E-state index in [1.54, 1.807) is 0 Å². The number of hydrazine groups is 1. The molecule has 0 aromatic rings. The molecule has 2 fully saturated rings. The minimum atomic E-state index is -2.90. The molecule has 0 aromatic carbocycles. The fourth-order valence-electron chi connectivity index (χ4n) is 2.89. The minimum Gasteiger partial charge on any atom is -0.337 e. The molecule has 7 heteroatoms. The molecule has 1 heterocycles. The van der Waals surface area contributed by atoms with Gasteiger partial charge in [-0.1, -0.05) is 19.3 Å². The highest BCUT2D eigenvalue weighted by Crippen LogP contribution is 2.21. The first-order chi connectivity index (χ1) is 9.02. The Labute approximate surface area is 115 Å². The number of nitrogens with one attached hydrogen (secondary N) is 1. The van der Waals surface area contributed by atoms with E-state index >= 15 is 0 Å². The van der Waals surface area contributed by atoms with Crippen LogP contribution in [0.5, 0.6) is 0 Å². The Morgan fingerprint density at radius 3 is 2.58 bits per heavy atom. The SMILES string of the molecule is CC1CS(=O)(=O)CCN1C(=NC1CCCCC1)NN. The third-order valence-corrected chi connectivity index (χ3v) is 5.75. The van der Waals surface area contributed by atoms with E-state index in [9.17, 15) is 8.42 Å². The molecule has 0 aromatic heterocycles. The summed E-state index contributed by atoms with van der Waals surface area (Å²) in [6.45, 7) is 2.38. The molecular formula is C12H24N4O2S. The van der Waals surface area contributed by atoms with Gasteiger partial charge in [-0.15, -0.1) is 0 Å². The van der Waals surface area contributed by atoms with Gasteiger partial charge in [0, 0.05) is 12.6 Å². The average molecular weight is 288 g/mol. The lowest BCUT2D eigenvalue weighted by Gasteiger charge is -2.35. The summed E-state index contributed by atoms with van der Waals surface area (Å²) >= 11 is 0.